The average molecular weight is 268 g/mol. The normalized spacial score (nSPS) is 22.7. The van der Waals surface area contributed by atoms with Gasteiger partial charge in [-0.2, -0.15) is 5.10 Å². The molecule has 106 valence electrons. The highest BCUT2D eigenvalue weighted by Gasteiger charge is 2.32. The van der Waals surface area contributed by atoms with Gasteiger partial charge in [-0.05, 0) is 19.3 Å². The van der Waals surface area contributed by atoms with E-state index < -0.39 is 0 Å². The summed E-state index contributed by atoms with van der Waals surface area (Å²) >= 11 is 0. The second-order valence-electron chi connectivity index (χ2n) is 5.00. The Balaban J connectivity index is 2.29. The van der Waals surface area contributed by atoms with Crippen LogP contribution in [0.25, 0.3) is 0 Å². The number of hydrogen-bond acceptors (Lipinski definition) is 5. The third-order valence-electron chi connectivity index (χ3n) is 3.83. The van der Waals surface area contributed by atoms with Gasteiger partial charge >= 0.3 is 5.69 Å². The molecule has 2 rings (SSSR count). The lowest BCUT2D eigenvalue weighted by Crippen LogP contribution is -2.27. The molecule has 7 nitrogen and oxygen atoms in total. The zero-order valence-corrected chi connectivity index (χ0v) is 11.3. The van der Waals surface area contributed by atoms with Crippen molar-refractivity contribution >= 4 is 11.5 Å². The summed E-state index contributed by atoms with van der Waals surface area (Å²) < 4.78 is 1.53. The van der Waals surface area contributed by atoms with Crippen molar-refractivity contribution < 1.29 is 10.0 Å². The molecule has 0 amide bonds. The van der Waals surface area contributed by atoms with Gasteiger partial charge in [0, 0.05) is 25.6 Å². The van der Waals surface area contributed by atoms with Crippen molar-refractivity contribution in [1.82, 2.24) is 9.78 Å². The van der Waals surface area contributed by atoms with Crippen LogP contribution in [-0.2, 0) is 13.5 Å². The number of aliphatic hydroxyl groups excluding tert-OH is 1. The lowest BCUT2D eigenvalue weighted by Gasteiger charge is -2.19. The minimum Gasteiger partial charge on any atom is -0.396 e. The molecule has 2 atom stereocenters. The molecule has 1 aromatic rings. The SMILES string of the molecule is CCc1nn(C)c(NC2CCCC2CO)c1[N+](=O)[O-]. The molecule has 0 bridgehead atoms. The van der Waals surface area contributed by atoms with Crippen molar-refractivity contribution in [2.75, 3.05) is 11.9 Å². The maximum absolute atomic E-state index is 11.2. The van der Waals surface area contributed by atoms with E-state index >= 15 is 0 Å². The molecule has 2 N–H and O–H groups in total. The van der Waals surface area contributed by atoms with E-state index in [0.717, 1.165) is 19.3 Å². The molecule has 7 heteroatoms. The van der Waals surface area contributed by atoms with Crippen LogP contribution < -0.4 is 5.32 Å². The van der Waals surface area contributed by atoms with E-state index in [2.05, 4.69) is 10.4 Å². The number of aromatic nitrogens is 2. The monoisotopic (exact) mass is 268 g/mol. The van der Waals surface area contributed by atoms with Gasteiger partial charge in [-0.15, -0.1) is 0 Å². The van der Waals surface area contributed by atoms with E-state index in [-0.39, 0.29) is 29.2 Å². The van der Waals surface area contributed by atoms with Crippen molar-refractivity contribution in [3.8, 4) is 0 Å². The molecule has 0 aromatic carbocycles. The Morgan fingerprint density at radius 1 is 1.58 bits per heavy atom. The number of anilines is 1. The maximum atomic E-state index is 11.2. The van der Waals surface area contributed by atoms with E-state index in [0.29, 0.717) is 17.9 Å². The van der Waals surface area contributed by atoms with Crippen LogP contribution in [0.4, 0.5) is 11.5 Å². The number of nitrogens with zero attached hydrogens (tertiary/aromatic N) is 3. The molecular formula is C12H20N4O3. The van der Waals surface area contributed by atoms with Crippen LogP contribution in [0, 0.1) is 16.0 Å². The number of nitro groups is 1. The Labute approximate surface area is 111 Å². The standard InChI is InChI=1S/C12H20N4O3/c1-3-9-11(16(18)19)12(15(2)14-9)13-10-6-4-5-8(10)7-17/h8,10,13,17H,3-7H2,1-2H3. The molecule has 1 heterocycles. The summed E-state index contributed by atoms with van der Waals surface area (Å²) in [5, 5.41) is 27.9. The summed E-state index contributed by atoms with van der Waals surface area (Å²) in [4.78, 5) is 10.8. The van der Waals surface area contributed by atoms with Crippen molar-refractivity contribution in [1.29, 1.82) is 0 Å². The third-order valence-corrected chi connectivity index (χ3v) is 3.83. The minimum absolute atomic E-state index is 0.0635. The lowest BCUT2D eigenvalue weighted by atomic mass is 10.1. The van der Waals surface area contributed by atoms with Gasteiger partial charge in [0.25, 0.3) is 0 Å². The minimum atomic E-state index is -0.378. The van der Waals surface area contributed by atoms with Crippen LogP contribution in [0.1, 0.15) is 31.9 Å². The highest BCUT2D eigenvalue weighted by molar-refractivity contribution is 5.60. The molecule has 19 heavy (non-hydrogen) atoms. The Morgan fingerprint density at radius 3 is 2.89 bits per heavy atom. The summed E-state index contributed by atoms with van der Waals surface area (Å²) in [6.45, 7) is 1.97. The van der Waals surface area contributed by atoms with Crippen LogP contribution >= 0.6 is 0 Å². The number of rotatable bonds is 5. The van der Waals surface area contributed by atoms with Gasteiger partial charge in [0.15, 0.2) is 0 Å². The first-order valence-electron chi connectivity index (χ1n) is 6.66. The topological polar surface area (TPSA) is 93.2 Å². The Kier molecular flexibility index (Phi) is 4.04. The Bertz CT molecular complexity index is 472. The zero-order valence-electron chi connectivity index (χ0n) is 11.3. The largest absolute Gasteiger partial charge is 0.396 e. The first-order chi connectivity index (χ1) is 9.08. The number of aryl methyl sites for hydroxylation is 2. The molecule has 0 spiro atoms. The molecule has 1 saturated carbocycles. The molecule has 1 aromatic heterocycles. The smallest absolute Gasteiger partial charge is 0.333 e. The summed E-state index contributed by atoms with van der Waals surface area (Å²) in [6.07, 6.45) is 3.45. The second kappa shape index (κ2) is 5.56. The van der Waals surface area contributed by atoms with Crippen LogP contribution in [-0.4, -0.2) is 32.5 Å². The number of aliphatic hydroxyl groups is 1. The third kappa shape index (κ3) is 2.56. The average Bonchev–Trinajstić information content (AvgIpc) is 2.94. The predicted octanol–water partition coefficient (Wildman–Crippen LogP) is 1.46. The number of hydrogen-bond donors (Lipinski definition) is 2. The first-order valence-corrected chi connectivity index (χ1v) is 6.66. The maximum Gasteiger partial charge on any atom is 0.333 e. The fourth-order valence-corrected chi connectivity index (χ4v) is 2.78. The van der Waals surface area contributed by atoms with Crippen molar-refractivity contribution in [3.05, 3.63) is 15.8 Å². The lowest BCUT2D eigenvalue weighted by molar-refractivity contribution is -0.384. The molecule has 0 saturated heterocycles. The van der Waals surface area contributed by atoms with E-state index in [9.17, 15) is 15.2 Å². The van der Waals surface area contributed by atoms with Crippen molar-refractivity contribution in [2.24, 2.45) is 13.0 Å². The van der Waals surface area contributed by atoms with Crippen LogP contribution in [0.5, 0.6) is 0 Å². The predicted molar refractivity (Wildman–Crippen MR) is 71.1 cm³/mol. The fourth-order valence-electron chi connectivity index (χ4n) is 2.78. The van der Waals surface area contributed by atoms with Gasteiger partial charge < -0.3 is 10.4 Å². The second-order valence-corrected chi connectivity index (χ2v) is 5.00. The quantitative estimate of drug-likeness (QED) is 0.623. The zero-order chi connectivity index (χ0) is 14.0. The Morgan fingerprint density at radius 2 is 2.32 bits per heavy atom. The van der Waals surface area contributed by atoms with Crippen LogP contribution in [0.3, 0.4) is 0 Å². The van der Waals surface area contributed by atoms with Gasteiger partial charge in [0.1, 0.15) is 5.69 Å². The molecule has 1 aliphatic carbocycles. The van der Waals surface area contributed by atoms with Gasteiger partial charge in [0.2, 0.25) is 5.82 Å². The molecule has 0 radical (unpaired) electrons. The number of nitrogens with one attached hydrogen (secondary N) is 1. The van der Waals surface area contributed by atoms with E-state index in [1.165, 1.54) is 4.68 Å². The van der Waals surface area contributed by atoms with Crippen LogP contribution in [0.15, 0.2) is 0 Å². The van der Waals surface area contributed by atoms with Gasteiger partial charge in [-0.1, -0.05) is 13.3 Å². The highest BCUT2D eigenvalue weighted by atomic mass is 16.6. The highest BCUT2D eigenvalue weighted by Crippen LogP contribution is 2.33. The summed E-state index contributed by atoms with van der Waals surface area (Å²) in [5.41, 5.74) is 0.558. The van der Waals surface area contributed by atoms with Crippen LogP contribution in [0.2, 0.25) is 0 Å². The molecule has 1 aliphatic rings. The molecular weight excluding hydrogens is 248 g/mol. The van der Waals surface area contributed by atoms with E-state index in [4.69, 9.17) is 0 Å². The van der Waals surface area contributed by atoms with E-state index in [1.54, 1.807) is 7.05 Å². The summed E-state index contributed by atoms with van der Waals surface area (Å²) in [6, 6.07) is 0.0869. The first kappa shape index (κ1) is 13.8. The molecule has 1 fully saturated rings. The molecule has 0 aliphatic heterocycles. The van der Waals surface area contributed by atoms with Crippen molar-refractivity contribution in [2.45, 2.75) is 38.6 Å². The summed E-state index contributed by atoms with van der Waals surface area (Å²) in [5.74, 6) is 0.617. The Hall–Kier alpha value is -1.63. The van der Waals surface area contributed by atoms with Crippen molar-refractivity contribution in [3.63, 3.8) is 0 Å². The fraction of sp³-hybridized carbons (Fsp3) is 0.750. The summed E-state index contributed by atoms with van der Waals surface area (Å²) in [7, 11) is 1.71. The van der Waals surface area contributed by atoms with Gasteiger partial charge in [-0.3, -0.25) is 10.1 Å². The van der Waals surface area contributed by atoms with E-state index in [1.807, 2.05) is 6.92 Å². The van der Waals surface area contributed by atoms with Gasteiger partial charge in [-0.25, -0.2) is 4.68 Å². The molecule has 2 unspecified atom stereocenters. The van der Waals surface area contributed by atoms with Gasteiger partial charge in [0.05, 0.1) is 4.92 Å².